The van der Waals surface area contributed by atoms with Crippen LogP contribution in [-0.4, -0.2) is 32.4 Å². The van der Waals surface area contributed by atoms with Crippen LogP contribution in [0.3, 0.4) is 0 Å². The second-order valence-corrected chi connectivity index (χ2v) is 10.1. The molecule has 144 valence electrons. The number of aliphatic hydroxyl groups excluding tert-OH is 1. The zero-order valence-electron chi connectivity index (χ0n) is 15.9. The summed E-state index contributed by atoms with van der Waals surface area (Å²) in [6.07, 6.45) is 0. The lowest BCUT2D eigenvalue weighted by molar-refractivity contribution is 0.0271. The van der Waals surface area contributed by atoms with Gasteiger partial charge in [0.1, 0.15) is 5.69 Å². The highest BCUT2D eigenvalue weighted by Gasteiger charge is 2.42. The van der Waals surface area contributed by atoms with Crippen molar-refractivity contribution in [1.29, 1.82) is 0 Å². The summed E-state index contributed by atoms with van der Waals surface area (Å²) in [4.78, 5) is 13.9. The van der Waals surface area contributed by atoms with Gasteiger partial charge in [-0.15, -0.1) is 0 Å². The third kappa shape index (κ3) is 4.95. The Labute approximate surface area is 152 Å². The van der Waals surface area contributed by atoms with Crippen LogP contribution in [0.1, 0.15) is 63.4 Å². The van der Waals surface area contributed by atoms with E-state index in [0.29, 0.717) is 16.5 Å². The highest BCUT2D eigenvalue weighted by atomic mass is 31.2. The van der Waals surface area contributed by atoms with Crippen LogP contribution < -0.4 is 0 Å². The maximum Gasteiger partial charge on any atom is 0.364 e. The van der Waals surface area contributed by atoms with Crippen molar-refractivity contribution in [3.05, 3.63) is 35.5 Å². The van der Waals surface area contributed by atoms with Crippen LogP contribution in [0.5, 0.6) is 0 Å². The van der Waals surface area contributed by atoms with Crippen molar-refractivity contribution >= 4 is 24.5 Å². The van der Waals surface area contributed by atoms with Gasteiger partial charge in [-0.1, -0.05) is 6.07 Å². The van der Waals surface area contributed by atoms with Crippen LogP contribution in [0.2, 0.25) is 0 Å². The Kier molecular flexibility index (Phi) is 5.41. The molecule has 26 heavy (non-hydrogen) atoms. The first kappa shape index (κ1) is 20.6. The van der Waals surface area contributed by atoms with E-state index in [0.717, 1.165) is 0 Å². The second-order valence-electron chi connectivity index (χ2n) is 8.16. The minimum absolute atomic E-state index is 0.0340. The molecular formula is C18H26NO6P. The molecule has 1 atom stereocenters. The van der Waals surface area contributed by atoms with Gasteiger partial charge in [-0.3, -0.25) is 4.57 Å². The molecule has 0 aliphatic heterocycles. The number of carboxylic acid groups (broad SMARTS) is 1. The van der Waals surface area contributed by atoms with Gasteiger partial charge >= 0.3 is 13.6 Å². The van der Waals surface area contributed by atoms with Crippen LogP contribution in [0, 0.1) is 0 Å². The molecule has 1 aromatic carbocycles. The summed E-state index contributed by atoms with van der Waals surface area (Å²) < 4.78 is 24.7. The number of fused-ring (bicyclic) bond motifs is 1. The van der Waals surface area contributed by atoms with E-state index in [4.69, 9.17) is 14.2 Å². The van der Waals surface area contributed by atoms with Crippen molar-refractivity contribution in [2.24, 2.45) is 0 Å². The Balaban J connectivity index is 2.47. The molecule has 0 aliphatic carbocycles. The largest absolute Gasteiger partial charge is 0.477 e. The number of aromatic amines is 1. The van der Waals surface area contributed by atoms with Gasteiger partial charge in [-0.05, 0) is 65.3 Å². The average Bonchev–Trinajstić information content (AvgIpc) is 2.85. The van der Waals surface area contributed by atoms with Crippen molar-refractivity contribution in [2.45, 2.75) is 58.6 Å². The lowest BCUT2D eigenvalue weighted by Crippen LogP contribution is -2.26. The number of aliphatic hydroxyl groups is 1. The topological polar surface area (TPSA) is 109 Å². The maximum absolute atomic E-state index is 13.4. The number of nitrogens with one attached hydrogen (secondary N) is 1. The fraction of sp³-hybridized carbons (Fsp3) is 0.500. The predicted octanol–water partition coefficient (Wildman–Crippen LogP) is 4.68. The molecule has 0 spiro atoms. The molecule has 1 heterocycles. The molecule has 0 aliphatic rings. The van der Waals surface area contributed by atoms with E-state index >= 15 is 0 Å². The summed E-state index contributed by atoms with van der Waals surface area (Å²) in [6.45, 7) is 10.4. The Morgan fingerprint density at radius 3 is 2.08 bits per heavy atom. The van der Waals surface area contributed by atoms with Crippen LogP contribution in [0.25, 0.3) is 10.9 Å². The maximum atomic E-state index is 13.4. The molecule has 0 radical (unpaired) electrons. The van der Waals surface area contributed by atoms with Gasteiger partial charge < -0.3 is 24.2 Å². The number of benzene rings is 1. The van der Waals surface area contributed by atoms with Crippen molar-refractivity contribution in [1.82, 2.24) is 4.98 Å². The number of carbonyl (C=O) groups is 1. The molecule has 1 unspecified atom stereocenters. The van der Waals surface area contributed by atoms with Crippen molar-refractivity contribution in [3.8, 4) is 0 Å². The molecule has 0 saturated carbocycles. The zero-order valence-corrected chi connectivity index (χ0v) is 16.8. The van der Waals surface area contributed by atoms with Crippen LogP contribution >= 0.6 is 7.60 Å². The average molecular weight is 383 g/mol. The summed E-state index contributed by atoms with van der Waals surface area (Å²) in [5, 5.41) is 20.5. The van der Waals surface area contributed by atoms with Crippen LogP contribution in [0.4, 0.5) is 0 Å². The van der Waals surface area contributed by atoms with Gasteiger partial charge in [-0.2, -0.15) is 0 Å². The summed E-state index contributed by atoms with van der Waals surface area (Å²) in [5.41, 5.74) is -0.633. The summed E-state index contributed by atoms with van der Waals surface area (Å²) >= 11 is 0. The van der Waals surface area contributed by atoms with Crippen molar-refractivity contribution in [3.63, 3.8) is 0 Å². The number of hydrogen-bond acceptors (Lipinski definition) is 5. The Morgan fingerprint density at radius 2 is 1.62 bits per heavy atom. The van der Waals surface area contributed by atoms with Gasteiger partial charge in [0.05, 0.1) is 11.2 Å². The Bertz CT molecular complexity index is 839. The highest BCUT2D eigenvalue weighted by Crippen LogP contribution is 2.63. The van der Waals surface area contributed by atoms with Crippen molar-refractivity contribution in [2.75, 3.05) is 0 Å². The molecule has 0 amide bonds. The Hall–Kier alpha value is -1.66. The van der Waals surface area contributed by atoms with Gasteiger partial charge in [-0.25, -0.2) is 4.79 Å². The van der Waals surface area contributed by atoms with E-state index in [1.807, 2.05) is 0 Å². The molecule has 3 N–H and O–H groups in total. The quantitative estimate of drug-likeness (QED) is 0.647. The molecular weight excluding hydrogens is 357 g/mol. The molecule has 2 rings (SSSR count). The lowest BCUT2D eigenvalue weighted by atomic mass is 10.1. The van der Waals surface area contributed by atoms with Gasteiger partial charge in [0, 0.05) is 10.9 Å². The molecule has 0 saturated heterocycles. The summed E-state index contributed by atoms with van der Waals surface area (Å²) in [5.74, 6) is -2.59. The second kappa shape index (κ2) is 6.82. The molecule has 0 bridgehead atoms. The molecule has 2 aromatic rings. The molecule has 8 heteroatoms. The first-order valence-electron chi connectivity index (χ1n) is 8.25. The number of aromatic nitrogens is 1. The van der Waals surface area contributed by atoms with E-state index in [2.05, 4.69) is 4.98 Å². The number of H-pyrrole nitrogens is 1. The van der Waals surface area contributed by atoms with E-state index in [1.54, 1.807) is 59.7 Å². The molecule has 1 aromatic heterocycles. The van der Waals surface area contributed by atoms with E-state index in [1.165, 1.54) is 6.07 Å². The summed E-state index contributed by atoms with van der Waals surface area (Å²) in [6, 6.07) is 6.22. The number of aromatic carboxylic acids is 1. The lowest BCUT2D eigenvalue weighted by Gasteiger charge is -2.34. The van der Waals surface area contributed by atoms with E-state index in [9.17, 15) is 14.5 Å². The molecule has 7 nitrogen and oxygen atoms in total. The molecule has 0 fully saturated rings. The number of carboxylic acids is 1. The fourth-order valence-electron chi connectivity index (χ4n) is 2.49. The minimum Gasteiger partial charge on any atom is -0.477 e. The summed E-state index contributed by atoms with van der Waals surface area (Å²) in [7, 11) is -3.94. The standard InChI is InChI=1S/C18H26NO6P/c1-17(2,3)24-26(23,25-18(4,5)6)16(22)11-7-8-13-12(9-11)10-14(19-13)15(20)21/h7-10,16,19,22H,1-6H3,(H,20,21). The third-order valence-electron chi connectivity index (χ3n) is 3.28. The minimum atomic E-state index is -3.94. The number of rotatable bonds is 5. The first-order valence-corrected chi connectivity index (χ1v) is 9.87. The van der Waals surface area contributed by atoms with Gasteiger partial charge in [0.25, 0.3) is 0 Å². The third-order valence-corrected chi connectivity index (χ3v) is 5.78. The van der Waals surface area contributed by atoms with Crippen LogP contribution in [0.15, 0.2) is 24.3 Å². The van der Waals surface area contributed by atoms with Gasteiger partial charge in [0.2, 0.25) is 0 Å². The monoisotopic (exact) mass is 383 g/mol. The zero-order chi connectivity index (χ0) is 19.9. The van der Waals surface area contributed by atoms with E-state index < -0.39 is 30.6 Å². The SMILES string of the molecule is CC(C)(C)OP(=O)(OC(C)(C)C)C(O)c1ccc2[nH]c(C(=O)O)cc2c1. The van der Waals surface area contributed by atoms with E-state index in [-0.39, 0.29) is 5.69 Å². The predicted molar refractivity (Wildman–Crippen MR) is 99.5 cm³/mol. The highest BCUT2D eigenvalue weighted by molar-refractivity contribution is 7.54. The fourth-order valence-corrected chi connectivity index (χ4v) is 4.78. The normalized spacial score (nSPS) is 14.6. The van der Waals surface area contributed by atoms with Crippen LogP contribution in [-0.2, 0) is 13.6 Å². The number of hydrogen-bond donors (Lipinski definition) is 3. The van der Waals surface area contributed by atoms with Crippen molar-refractivity contribution < 1.29 is 28.6 Å². The first-order chi connectivity index (χ1) is 11.7. The Morgan fingerprint density at radius 1 is 1.08 bits per heavy atom. The van der Waals surface area contributed by atoms with Gasteiger partial charge in [0.15, 0.2) is 5.85 Å². The smallest absolute Gasteiger partial charge is 0.364 e.